The maximum Gasteiger partial charge on any atom is 0.249 e. The van der Waals surface area contributed by atoms with Crippen LogP contribution in [0.1, 0.15) is 12.8 Å². The number of thiol groups is 1. The zero-order valence-corrected chi connectivity index (χ0v) is 5.97. The molecule has 3 nitrogen and oxygen atoms in total. The van der Waals surface area contributed by atoms with Gasteiger partial charge in [-0.05, 0) is 12.8 Å². The van der Waals surface area contributed by atoms with Crippen LogP contribution in [-0.2, 0) is 4.79 Å². The van der Waals surface area contributed by atoms with Crippen LogP contribution in [0.25, 0.3) is 0 Å². The highest BCUT2D eigenvalue weighted by Gasteiger charge is 2.22. The second-order valence-corrected chi connectivity index (χ2v) is 2.81. The van der Waals surface area contributed by atoms with Gasteiger partial charge in [0.1, 0.15) is 0 Å². The topological polar surface area (TPSA) is 46.3 Å². The van der Waals surface area contributed by atoms with Crippen LogP contribution in [0.15, 0.2) is 0 Å². The Morgan fingerprint density at radius 1 is 1.78 bits per heavy atom. The molecule has 1 amide bonds. The van der Waals surface area contributed by atoms with Gasteiger partial charge in [0.2, 0.25) is 5.91 Å². The predicted molar refractivity (Wildman–Crippen MR) is 37.9 cm³/mol. The Bertz CT molecular complexity index is 116. The minimum atomic E-state index is -0.163. The van der Waals surface area contributed by atoms with Crippen LogP contribution in [0, 0.1) is 0 Å². The van der Waals surface area contributed by atoms with Crippen molar-refractivity contribution in [3.05, 3.63) is 0 Å². The van der Waals surface area contributed by atoms with Crippen molar-refractivity contribution in [2.45, 2.75) is 18.1 Å². The highest BCUT2D eigenvalue weighted by atomic mass is 32.1. The fourth-order valence-corrected chi connectivity index (χ4v) is 1.21. The van der Waals surface area contributed by atoms with E-state index in [1.807, 2.05) is 0 Å². The van der Waals surface area contributed by atoms with Gasteiger partial charge in [-0.25, -0.2) is 5.84 Å². The van der Waals surface area contributed by atoms with Crippen LogP contribution < -0.4 is 5.84 Å². The smallest absolute Gasteiger partial charge is 0.249 e. The van der Waals surface area contributed by atoms with Gasteiger partial charge in [-0.3, -0.25) is 9.80 Å². The Hall–Kier alpha value is -0.220. The van der Waals surface area contributed by atoms with Gasteiger partial charge < -0.3 is 0 Å². The van der Waals surface area contributed by atoms with Gasteiger partial charge in [0.05, 0.1) is 5.25 Å². The number of rotatable bonds is 0. The number of hydrogen-bond acceptors (Lipinski definition) is 3. The molecule has 0 aromatic heterocycles. The highest BCUT2D eigenvalue weighted by molar-refractivity contribution is 7.81. The quantitative estimate of drug-likeness (QED) is 0.282. The largest absolute Gasteiger partial charge is 0.280 e. The summed E-state index contributed by atoms with van der Waals surface area (Å²) in [5, 5.41) is 1.07. The van der Waals surface area contributed by atoms with Crippen LogP contribution in [0.3, 0.4) is 0 Å². The summed E-state index contributed by atoms with van der Waals surface area (Å²) < 4.78 is 0. The Morgan fingerprint density at radius 3 is 2.89 bits per heavy atom. The summed E-state index contributed by atoms with van der Waals surface area (Å²) in [4.78, 5) is 10.8. The van der Waals surface area contributed by atoms with Gasteiger partial charge in [-0.1, -0.05) is 0 Å². The molecular weight excluding hydrogens is 136 g/mol. The molecular formula is C5H10N2OS. The molecule has 1 rings (SSSR count). The van der Waals surface area contributed by atoms with E-state index in [2.05, 4.69) is 12.6 Å². The molecule has 4 heteroatoms. The first-order valence-electron chi connectivity index (χ1n) is 2.96. The average molecular weight is 146 g/mol. The zero-order valence-electron chi connectivity index (χ0n) is 5.08. The van der Waals surface area contributed by atoms with Crippen LogP contribution in [-0.4, -0.2) is 22.7 Å². The first-order valence-corrected chi connectivity index (χ1v) is 3.47. The second kappa shape index (κ2) is 2.58. The fourth-order valence-electron chi connectivity index (χ4n) is 0.880. The zero-order chi connectivity index (χ0) is 6.85. The summed E-state index contributed by atoms with van der Waals surface area (Å²) in [6.45, 7) is 0.676. The first-order chi connectivity index (χ1) is 4.22. The third kappa shape index (κ3) is 1.37. The molecule has 1 aliphatic heterocycles. The van der Waals surface area contributed by atoms with Crippen molar-refractivity contribution in [2.24, 2.45) is 5.84 Å². The van der Waals surface area contributed by atoms with Crippen LogP contribution in [0.5, 0.6) is 0 Å². The third-order valence-corrected chi connectivity index (χ3v) is 1.92. The number of nitrogens with two attached hydrogens (primary N) is 1. The van der Waals surface area contributed by atoms with Crippen molar-refractivity contribution < 1.29 is 4.79 Å². The number of piperidine rings is 1. The molecule has 9 heavy (non-hydrogen) atoms. The predicted octanol–water partition coefficient (Wildman–Crippen LogP) is -0.219. The van der Waals surface area contributed by atoms with E-state index in [4.69, 9.17) is 5.84 Å². The normalized spacial score (nSPS) is 28.9. The Labute approximate surface area is 59.6 Å². The third-order valence-electron chi connectivity index (χ3n) is 1.44. The van der Waals surface area contributed by atoms with Crippen LogP contribution in [0.4, 0.5) is 0 Å². The minimum absolute atomic E-state index is 0.0513. The first kappa shape index (κ1) is 6.89. The number of hydrogen-bond donors (Lipinski definition) is 2. The van der Waals surface area contributed by atoms with Crippen LogP contribution in [0.2, 0.25) is 0 Å². The second-order valence-electron chi connectivity index (χ2n) is 2.19. The number of nitrogens with zero attached hydrogens (tertiary/aromatic N) is 1. The molecule has 0 radical (unpaired) electrons. The Morgan fingerprint density at radius 2 is 2.44 bits per heavy atom. The van der Waals surface area contributed by atoms with Gasteiger partial charge in [0.25, 0.3) is 0 Å². The molecule has 0 aliphatic carbocycles. The SMILES string of the molecule is NN1CCCC(S)C1=O. The molecule has 1 fully saturated rings. The molecule has 0 saturated carbocycles. The summed E-state index contributed by atoms with van der Waals surface area (Å²) in [5.41, 5.74) is 0. The molecule has 2 N–H and O–H groups in total. The van der Waals surface area contributed by atoms with Crippen molar-refractivity contribution in [1.29, 1.82) is 0 Å². The minimum Gasteiger partial charge on any atom is -0.280 e. The molecule has 0 aromatic rings. The fraction of sp³-hybridized carbons (Fsp3) is 0.800. The van der Waals surface area contributed by atoms with Gasteiger partial charge >= 0.3 is 0 Å². The molecule has 0 aromatic carbocycles. The van der Waals surface area contributed by atoms with Crippen molar-refractivity contribution in [2.75, 3.05) is 6.54 Å². The summed E-state index contributed by atoms with van der Waals surface area (Å²) in [7, 11) is 0. The van der Waals surface area contributed by atoms with E-state index >= 15 is 0 Å². The van der Waals surface area contributed by atoms with Crippen molar-refractivity contribution >= 4 is 18.5 Å². The highest BCUT2D eigenvalue weighted by Crippen LogP contribution is 2.12. The van der Waals surface area contributed by atoms with E-state index in [0.29, 0.717) is 6.54 Å². The van der Waals surface area contributed by atoms with Crippen molar-refractivity contribution in [3.8, 4) is 0 Å². The molecule has 52 valence electrons. The lowest BCUT2D eigenvalue weighted by molar-refractivity contribution is -0.132. The van der Waals surface area contributed by atoms with Gasteiger partial charge in [0, 0.05) is 6.54 Å². The van der Waals surface area contributed by atoms with E-state index in [-0.39, 0.29) is 11.2 Å². The number of amides is 1. The van der Waals surface area contributed by atoms with Gasteiger partial charge in [0.15, 0.2) is 0 Å². The maximum absolute atomic E-state index is 10.8. The van der Waals surface area contributed by atoms with Crippen molar-refractivity contribution in [1.82, 2.24) is 5.01 Å². The molecule has 0 bridgehead atoms. The lowest BCUT2D eigenvalue weighted by Crippen LogP contribution is -2.46. The number of carbonyl (C=O) groups excluding carboxylic acids is 1. The lowest BCUT2D eigenvalue weighted by Gasteiger charge is -2.25. The van der Waals surface area contributed by atoms with Gasteiger partial charge in [-0.15, -0.1) is 0 Å². The molecule has 0 spiro atoms. The average Bonchev–Trinajstić information content (AvgIpc) is 1.83. The summed E-state index contributed by atoms with van der Waals surface area (Å²) in [6, 6.07) is 0. The maximum atomic E-state index is 10.8. The summed E-state index contributed by atoms with van der Waals surface area (Å²) in [5.74, 6) is 5.25. The molecule has 1 atom stereocenters. The van der Waals surface area contributed by atoms with Gasteiger partial charge in [-0.2, -0.15) is 12.6 Å². The van der Waals surface area contributed by atoms with E-state index in [9.17, 15) is 4.79 Å². The summed E-state index contributed by atoms with van der Waals surface area (Å²) >= 11 is 4.04. The molecule has 1 saturated heterocycles. The van der Waals surface area contributed by atoms with Crippen molar-refractivity contribution in [3.63, 3.8) is 0 Å². The summed E-state index contributed by atoms with van der Waals surface area (Å²) in [6.07, 6.45) is 1.83. The van der Waals surface area contributed by atoms with E-state index in [1.165, 1.54) is 5.01 Å². The number of carbonyl (C=O) groups is 1. The monoisotopic (exact) mass is 146 g/mol. The Kier molecular flexibility index (Phi) is 1.97. The molecule has 1 unspecified atom stereocenters. The lowest BCUT2D eigenvalue weighted by atomic mass is 10.1. The standard InChI is InChI=1S/C5H10N2OS/c6-7-3-1-2-4(9)5(7)8/h4,9H,1-3,6H2. The Balaban J connectivity index is 2.52. The molecule has 1 heterocycles. The number of hydrazine groups is 1. The van der Waals surface area contributed by atoms with Crippen LogP contribution >= 0.6 is 12.6 Å². The molecule has 1 aliphatic rings. The van der Waals surface area contributed by atoms with E-state index in [0.717, 1.165) is 12.8 Å². The van der Waals surface area contributed by atoms with E-state index in [1.54, 1.807) is 0 Å². The van der Waals surface area contributed by atoms with E-state index < -0.39 is 0 Å².